The number of benzene rings is 9. The fraction of sp³-hybridized carbons (Fsp3) is 0.0794. The Balaban J connectivity index is 0.000000155. The third-order valence-electron chi connectivity index (χ3n) is 12.8. The van der Waals surface area contributed by atoms with Gasteiger partial charge < -0.3 is 4.57 Å². The highest BCUT2D eigenvalue weighted by molar-refractivity contribution is 6.13. The van der Waals surface area contributed by atoms with E-state index in [0.29, 0.717) is 5.84 Å². The molecule has 0 amide bonds. The molecule has 1 heterocycles. The first-order valence-electron chi connectivity index (χ1n) is 22.7. The molecule has 0 atom stereocenters. The van der Waals surface area contributed by atoms with Crippen molar-refractivity contribution in [3.63, 3.8) is 0 Å². The highest BCUT2D eigenvalue weighted by atomic mass is 15.0. The summed E-state index contributed by atoms with van der Waals surface area (Å²) in [4.78, 5) is 9.93. The normalized spacial score (nSPS) is 12.1. The summed E-state index contributed by atoms with van der Waals surface area (Å²) in [7, 11) is 0. The third kappa shape index (κ3) is 8.24. The molecule has 0 fully saturated rings. The number of hydrogen-bond donors (Lipinski definition) is 0. The zero-order valence-electron chi connectivity index (χ0n) is 38.0. The van der Waals surface area contributed by atoms with E-state index in [0.717, 1.165) is 34.5 Å². The van der Waals surface area contributed by atoms with Crippen molar-refractivity contribution in [3.05, 3.63) is 263 Å². The quantitative estimate of drug-likeness (QED) is 0.113. The minimum atomic E-state index is 0.669. The number of nitrogens with zero attached hydrogens (tertiary/aromatic N) is 3. The molecule has 0 aliphatic heterocycles. The van der Waals surface area contributed by atoms with E-state index in [4.69, 9.17) is 9.98 Å². The van der Waals surface area contributed by atoms with Gasteiger partial charge in [-0.15, -0.1) is 0 Å². The zero-order valence-corrected chi connectivity index (χ0v) is 38.0. The van der Waals surface area contributed by atoms with Crippen LogP contribution in [0.5, 0.6) is 0 Å². The molecule has 1 aliphatic rings. The molecule has 318 valence electrons. The van der Waals surface area contributed by atoms with Crippen LogP contribution in [0.15, 0.2) is 229 Å². The maximum Gasteiger partial charge on any atom is 0.160 e. The molecule has 3 heteroatoms. The number of aliphatic imine (C=N–C) groups is 2. The smallest absolute Gasteiger partial charge is 0.160 e. The molecule has 0 bridgehead atoms. The molecule has 0 radical (unpaired) electrons. The number of rotatable bonds is 7. The number of aryl methyl sites for hydroxylation is 3. The average Bonchev–Trinajstić information content (AvgIpc) is 3.90. The van der Waals surface area contributed by atoms with Crippen molar-refractivity contribution >= 4 is 39.1 Å². The number of amidine groups is 1. The molecule has 0 saturated heterocycles. The van der Waals surface area contributed by atoms with Gasteiger partial charge in [0.1, 0.15) is 0 Å². The maximum atomic E-state index is 4.99. The van der Waals surface area contributed by atoms with Crippen LogP contribution >= 0.6 is 0 Å². The van der Waals surface area contributed by atoms with Gasteiger partial charge in [0.25, 0.3) is 0 Å². The summed E-state index contributed by atoms with van der Waals surface area (Å²) in [6.07, 6.45) is 0.951. The van der Waals surface area contributed by atoms with E-state index in [2.05, 4.69) is 196 Å². The predicted octanol–water partition coefficient (Wildman–Crippen LogP) is 16.2. The van der Waals surface area contributed by atoms with Crippen LogP contribution in [0.3, 0.4) is 0 Å². The Hall–Kier alpha value is -8.14. The zero-order chi connectivity index (χ0) is 45.1. The van der Waals surface area contributed by atoms with Crippen LogP contribution in [-0.4, -0.2) is 16.1 Å². The Kier molecular flexibility index (Phi) is 11.5. The first-order chi connectivity index (χ1) is 32.3. The Morgan fingerprint density at radius 2 is 1.11 bits per heavy atom. The number of hydrogen-bond acceptors (Lipinski definition) is 1. The van der Waals surface area contributed by atoms with Crippen molar-refractivity contribution in [2.45, 2.75) is 34.1 Å². The van der Waals surface area contributed by atoms with Crippen LogP contribution in [0.1, 0.15) is 51.4 Å². The van der Waals surface area contributed by atoms with Gasteiger partial charge >= 0.3 is 0 Å². The van der Waals surface area contributed by atoms with Crippen LogP contribution in [-0.2, 0) is 6.42 Å². The number of aromatic nitrogens is 1. The fourth-order valence-corrected chi connectivity index (χ4v) is 9.45. The van der Waals surface area contributed by atoms with Gasteiger partial charge in [-0.3, -0.25) is 0 Å². The van der Waals surface area contributed by atoms with Crippen molar-refractivity contribution in [3.8, 4) is 39.1 Å². The topological polar surface area (TPSA) is 29.6 Å². The lowest BCUT2D eigenvalue weighted by Crippen LogP contribution is -2.04. The highest BCUT2D eigenvalue weighted by Gasteiger charge is 2.23. The molecule has 0 N–H and O–H groups in total. The van der Waals surface area contributed by atoms with Gasteiger partial charge in [-0.1, -0.05) is 200 Å². The summed E-state index contributed by atoms with van der Waals surface area (Å²) in [6.45, 7) is 12.9. The number of para-hydroxylation sites is 2. The Bertz CT molecular complexity index is 3480. The molecule has 3 nitrogen and oxygen atoms in total. The van der Waals surface area contributed by atoms with Crippen LogP contribution < -0.4 is 0 Å². The van der Waals surface area contributed by atoms with Gasteiger partial charge in [-0.25, -0.2) is 9.98 Å². The SMILES string of the molecule is C=C(N=C(N=C(C)c1ccccc1)c1ccccc1)c1cccc2c1-c1cc(C)ccc1C2.Cc1ccccc1-c1ccc(-c2ccc3c4ccccc4n(-c4ccccc4)c3c2)cc1C. The van der Waals surface area contributed by atoms with E-state index < -0.39 is 0 Å². The Labute approximate surface area is 388 Å². The van der Waals surface area contributed by atoms with Gasteiger partial charge in [0, 0.05) is 33.3 Å². The van der Waals surface area contributed by atoms with Crippen molar-refractivity contribution in [2.75, 3.05) is 0 Å². The molecule has 1 aromatic heterocycles. The van der Waals surface area contributed by atoms with E-state index in [1.54, 1.807) is 0 Å². The molecule has 0 saturated carbocycles. The summed E-state index contributed by atoms with van der Waals surface area (Å²) < 4.78 is 2.38. The molecular formula is C63H51N3. The standard InChI is InChI=1S/C32H25N.C31H26N2/c1-22-10-6-7-13-27(22)28-18-16-24(20-23(28)2)25-17-19-30-29-14-8-9-15-31(29)33(32(30)21-25)26-11-4-3-5-12-26;1-21-17-18-26-20-27-15-10-16-28(30(27)29(26)19-21)23(3)33-31(25-13-8-5-9-14-25)32-22(2)24-11-6-4-7-12-24/h3-21H,1-2H3;4-19H,3,20H2,1-2H3. The van der Waals surface area contributed by atoms with Crippen molar-refractivity contribution < 1.29 is 0 Å². The van der Waals surface area contributed by atoms with Gasteiger partial charge in [-0.2, -0.15) is 0 Å². The van der Waals surface area contributed by atoms with Crippen LogP contribution in [0.2, 0.25) is 0 Å². The molecule has 1 aliphatic carbocycles. The molecule has 66 heavy (non-hydrogen) atoms. The van der Waals surface area contributed by atoms with Crippen molar-refractivity contribution in [2.24, 2.45) is 9.98 Å². The van der Waals surface area contributed by atoms with E-state index in [1.807, 2.05) is 55.5 Å². The first-order valence-corrected chi connectivity index (χ1v) is 22.7. The molecule has 10 aromatic rings. The summed E-state index contributed by atoms with van der Waals surface area (Å²) in [5, 5.41) is 2.57. The van der Waals surface area contributed by atoms with Crippen LogP contribution in [0, 0.1) is 20.8 Å². The largest absolute Gasteiger partial charge is 0.309 e. The van der Waals surface area contributed by atoms with E-state index >= 15 is 0 Å². The fourth-order valence-electron chi connectivity index (χ4n) is 9.45. The lowest BCUT2D eigenvalue weighted by molar-refractivity contribution is 1.18. The molecule has 9 aromatic carbocycles. The van der Waals surface area contributed by atoms with E-state index in [1.165, 1.54) is 88.7 Å². The predicted molar refractivity (Wildman–Crippen MR) is 281 cm³/mol. The van der Waals surface area contributed by atoms with Gasteiger partial charge in [0.2, 0.25) is 0 Å². The van der Waals surface area contributed by atoms with Gasteiger partial charge in [-0.05, 0) is 120 Å². The third-order valence-corrected chi connectivity index (χ3v) is 12.8. The molecule has 0 spiro atoms. The highest BCUT2D eigenvalue weighted by Crippen LogP contribution is 2.42. The lowest BCUT2D eigenvalue weighted by atomic mass is 9.93. The molecule has 11 rings (SSSR count). The second kappa shape index (κ2) is 18.2. The monoisotopic (exact) mass is 849 g/mol. The van der Waals surface area contributed by atoms with Crippen LogP contribution in [0.25, 0.3) is 66.6 Å². The second-order valence-electron chi connectivity index (χ2n) is 17.3. The Morgan fingerprint density at radius 1 is 0.470 bits per heavy atom. The summed E-state index contributed by atoms with van der Waals surface area (Å²) in [5.41, 5.74) is 22.6. The average molecular weight is 850 g/mol. The van der Waals surface area contributed by atoms with E-state index in [9.17, 15) is 0 Å². The first kappa shape index (κ1) is 41.8. The summed E-state index contributed by atoms with van der Waals surface area (Å²) in [5.74, 6) is 0.669. The van der Waals surface area contributed by atoms with E-state index in [-0.39, 0.29) is 0 Å². The number of fused-ring (bicyclic) bond motifs is 6. The minimum Gasteiger partial charge on any atom is -0.309 e. The lowest BCUT2D eigenvalue weighted by Gasteiger charge is -2.12. The van der Waals surface area contributed by atoms with Gasteiger partial charge in [0.05, 0.1) is 16.7 Å². The Morgan fingerprint density at radius 3 is 1.86 bits per heavy atom. The second-order valence-corrected chi connectivity index (χ2v) is 17.3. The van der Waals surface area contributed by atoms with Gasteiger partial charge in [0.15, 0.2) is 5.84 Å². The summed E-state index contributed by atoms with van der Waals surface area (Å²) >= 11 is 0. The summed E-state index contributed by atoms with van der Waals surface area (Å²) in [6, 6.07) is 75.1. The maximum absolute atomic E-state index is 4.99. The molecular weight excluding hydrogens is 799 g/mol. The van der Waals surface area contributed by atoms with Crippen LogP contribution in [0.4, 0.5) is 0 Å². The van der Waals surface area contributed by atoms with Crippen molar-refractivity contribution in [1.82, 2.24) is 4.57 Å². The molecule has 0 unspecified atom stereocenters. The minimum absolute atomic E-state index is 0.669. The van der Waals surface area contributed by atoms with Crippen molar-refractivity contribution in [1.29, 1.82) is 0 Å².